The molecular weight excluding hydrogens is 267 g/mol. The van der Waals surface area contributed by atoms with E-state index in [1.165, 1.54) is 12.1 Å². The minimum Gasteiger partial charge on any atom is -0.335 e. The highest BCUT2D eigenvalue weighted by molar-refractivity contribution is 5.76. The number of benzene rings is 1. The lowest BCUT2D eigenvalue weighted by Crippen LogP contribution is -2.32. The maximum absolute atomic E-state index is 13.3. The van der Waals surface area contributed by atoms with E-state index >= 15 is 0 Å². The van der Waals surface area contributed by atoms with Gasteiger partial charge < -0.3 is 10.6 Å². The Kier molecular flexibility index (Phi) is 5.74. The molecule has 0 radical (unpaired) electrons. The number of nitrogens with zero attached hydrogens (tertiary/aromatic N) is 1. The molecule has 21 heavy (non-hydrogen) atoms. The van der Waals surface area contributed by atoms with Gasteiger partial charge in [-0.2, -0.15) is 0 Å². The molecule has 2 N–H and O–H groups in total. The van der Waals surface area contributed by atoms with E-state index in [0.717, 1.165) is 31.2 Å². The molecule has 0 aromatic heterocycles. The summed E-state index contributed by atoms with van der Waals surface area (Å²) in [7, 11) is 0. The van der Waals surface area contributed by atoms with Gasteiger partial charge in [0.2, 0.25) is 5.91 Å². The first-order valence-corrected chi connectivity index (χ1v) is 7.84. The van der Waals surface area contributed by atoms with Crippen molar-refractivity contribution in [3.8, 4) is 0 Å². The smallest absolute Gasteiger partial charge is 0.223 e. The number of amides is 1. The summed E-state index contributed by atoms with van der Waals surface area (Å²) < 4.78 is 13.3. The molecule has 3 nitrogen and oxygen atoms in total. The monoisotopic (exact) mass is 292 g/mol. The normalized spacial score (nSPS) is 15.8. The third-order valence-corrected chi connectivity index (χ3v) is 4.06. The van der Waals surface area contributed by atoms with Crippen molar-refractivity contribution in [1.29, 1.82) is 0 Å². The van der Waals surface area contributed by atoms with E-state index in [0.29, 0.717) is 31.5 Å². The van der Waals surface area contributed by atoms with Crippen LogP contribution in [0.2, 0.25) is 0 Å². The molecule has 0 bridgehead atoms. The van der Waals surface area contributed by atoms with E-state index in [4.69, 9.17) is 5.73 Å². The van der Waals surface area contributed by atoms with Crippen molar-refractivity contribution in [2.24, 2.45) is 11.7 Å². The van der Waals surface area contributed by atoms with Crippen molar-refractivity contribution in [1.82, 2.24) is 4.90 Å². The zero-order chi connectivity index (χ0) is 15.2. The van der Waals surface area contributed by atoms with Gasteiger partial charge in [-0.05, 0) is 55.8 Å². The van der Waals surface area contributed by atoms with Gasteiger partial charge in [-0.15, -0.1) is 0 Å². The van der Waals surface area contributed by atoms with Gasteiger partial charge in [0.1, 0.15) is 5.82 Å². The molecule has 116 valence electrons. The van der Waals surface area contributed by atoms with Crippen LogP contribution < -0.4 is 5.73 Å². The second kappa shape index (κ2) is 7.55. The number of nitrogens with two attached hydrogens (primary N) is 1. The van der Waals surface area contributed by atoms with Gasteiger partial charge >= 0.3 is 0 Å². The lowest BCUT2D eigenvalue weighted by molar-refractivity contribution is -0.132. The molecule has 1 unspecified atom stereocenters. The maximum Gasteiger partial charge on any atom is 0.223 e. The summed E-state index contributed by atoms with van der Waals surface area (Å²) in [4.78, 5) is 14.3. The van der Waals surface area contributed by atoms with Gasteiger partial charge in [-0.1, -0.05) is 19.1 Å². The minimum absolute atomic E-state index is 0.186. The lowest BCUT2D eigenvalue weighted by atomic mass is 10.0. The number of halogens is 1. The summed E-state index contributed by atoms with van der Waals surface area (Å²) >= 11 is 0. The fraction of sp³-hybridized carbons (Fsp3) is 0.588. The van der Waals surface area contributed by atoms with E-state index in [2.05, 4.69) is 6.92 Å². The number of hydrogen-bond acceptors (Lipinski definition) is 2. The van der Waals surface area contributed by atoms with Crippen LogP contribution in [0.4, 0.5) is 4.39 Å². The predicted octanol–water partition coefficient (Wildman–Crippen LogP) is 3.08. The summed E-state index contributed by atoms with van der Waals surface area (Å²) in [6.07, 6.45) is 4.54. The van der Waals surface area contributed by atoms with E-state index in [9.17, 15) is 9.18 Å². The highest BCUT2D eigenvalue weighted by atomic mass is 19.1. The van der Waals surface area contributed by atoms with Crippen LogP contribution in [0, 0.1) is 11.7 Å². The van der Waals surface area contributed by atoms with Crippen LogP contribution in [-0.4, -0.2) is 23.4 Å². The van der Waals surface area contributed by atoms with Crippen LogP contribution >= 0.6 is 0 Å². The van der Waals surface area contributed by atoms with Crippen LogP contribution in [0.3, 0.4) is 0 Å². The third kappa shape index (κ3) is 5.12. The Morgan fingerprint density at radius 2 is 2.19 bits per heavy atom. The number of rotatable bonds is 8. The van der Waals surface area contributed by atoms with E-state index < -0.39 is 0 Å². The molecular formula is C17H25FN2O. The number of carbonyl (C=O) groups is 1. The van der Waals surface area contributed by atoms with Crippen LogP contribution in [0.25, 0.3) is 0 Å². The predicted molar refractivity (Wildman–Crippen MR) is 82.0 cm³/mol. The van der Waals surface area contributed by atoms with E-state index in [1.54, 1.807) is 6.07 Å². The Bertz CT molecular complexity index is 474. The summed E-state index contributed by atoms with van der Waals surface area (Å²) in [5.74, 6) is 0.423. The Labute approximate surface area is 126 Å². The molecule has 0 spiro atoms. The molecule has 1 fully saturated rings. The first kappa shape index (κ1) is 16.0. The molecule has 1 aromatic carbocycles. The molecule has 1 saturated carbocycles. The van der Waals surface area contributed by atoms with Gasteiger partial charge in [0.25, 0.3) is 0 Å². The first-order chi connectivity index (χ1) is 10.1. The van der Waals surface area contributed by atoms with Gasteiger partial charge in [-0.3, -0.25) is 4.79 Å². The molecule has 0 saturated heterocycles. The van der Waals surface area contributed by atoms with Gasteiger partial charge in [0, 0.05) is 19.0 Å². The summed E-state index contributed by atoms with van der Waals surface area (Å²) in [5, 5.41) is 0. The summed E-state index contributed by atoms with van der Waals surface area (Å²) in [5.41, 5.74) is 6.41. The molecule has 1 aliphatic carbocycles. The van der Waals surface area contributed by atoms with Crippen molar-refractivity contribution in [2.75, 3.05) is 6.54 Å². The Balaban J connectivity index is 1.91. The minimum atomic E-state index is -0.243. The largest absolute Gasteiger partial charge is 0.335 e. The molecule has 0 heterocycles. The van der Waals surface area contributed by atoms with Crippen LogP contribution in [0.1, 0.15) is 44.6 Å². The Hall–Kier alpha value is -1.42. The van der Waals surface area contributed by atoms with Crippen LogP contribution in [0.15, 0.2) is 24.3 Å². The average molecular weight is 292 g/mol. The standard InChI is InChI=1S/C17H25FN2O/c1-13(9-10-19)5-8-17(21)20(16-6-7-16)12-14-3-2-4-15(18)11-14/h2-4,11,13,16H,5-10,12,19H2,1H3. The van der Waals surface area contributed by atoms with Gasteiger partial charge in [0.15, 0.2) is 0 Å². The van der Waals surface area contributed by atoms with Crippen molar-refractivity contribution in [3.05, 3.63) is 35.6 Å². The molecule has 0 aliphatic heterocycles. The maximum atomic E-state index is 13.3. The quantitative estimate of drug-likeness (QED) is 0.800. The van der Waals surface area contributed by atoms with Gasteiger partial charge in [0.05, 0.1) is 0 Å². The Morgan fingerprint density at radius 3 is 2.81 bits per heavy atom. The molecule has 2 rings (SSSR count). The van der Waals surface area contributed by atoms with Crippen LogP contribution in [0.5, 0.6) is 0 Å². The number of hydrogen-bond donors (Lipinski definition) is 1. The SMILES string of the molecule is CC(CCN)CCC(=O)N(Cc1cccc(F)c1)C1CC1. The second-order valence-corrected chi connectivity index (χ2v) is 6.10. The van der Waals surface area contributed by atoms with E-state index in [1.807, 2.05) is 11.0 Å². The van der Waals surface area contributed by atoms with E-state index in [-0.39, 0.29) is 11.7 Å². The van der Waals surface area contributed by atoms with Crippen molar-refractivity contribution < 1.29 is 9.18 Å². The average Bonchev–Trinajstić information content (AvgIpc) is 3.27. The molecule has 1 amide bonds. The van der Waals surface area contributed by atoms with Crippen molar-refractivity contribution >= 4 is 5.91 Å². The Morgan fingerprint density at radius 1 is 1.43 bits per heavy atom. The fourth-order valence-electron chi connectivity index (χ4n) is 2.58. The number of carbonyl (C=O) groups excluding carboxylic acids is 1. The summed E-state index contributed by atoms with van der Waals surface area (Å²) in [6.45, 7) is 3.33. The lowest BCUT2D eigenvalue weighted by Gasteiger charge is -2.23. The molecule has 1 atom stereocenters. The van der Waals surface area contributed by atoms with Crippen LogP contribution in [-0.2, 0) is 11.3 Å². The van der Waals surface area contributed by atoms with Crippen molar-refractivity contribution in [2.45, 2.75) is 51.6 Å². The zero-order valence-electron chi connectivity index (χ0n) is 12.7. The second-order valence-electron chi connectivity index (χ2n) is 6.10. The zero-order valence-corrected chi connectivity index (χ0v) is 12.7. The van der Waals surface area contributed by atoms with Crippen molar-refractivity contribution in [3.63, 3.8) is 0 Å². The highest BCUT2D eigenvalue weighted by Gasteiger charge is 2.32. The topological polar surface area (TPSA) is 46.3 Å². The molecule has 4 heteroatoms. The summed E-state index contributed by atoms with van der Waals surface area (Å²) in [6, 6.07) is 6.87. The fourth-order valence-corrected chi connectivity index (χ4v) is 2.58. The first-order valence-electron chi connectivity index (χ1n) is 7.84. The third-order valence-electron chi connectivity index (χ3n) is 4.06. The van der Waals surface area contributed by atoms with Gasteiger partial charge in [-0.25, -0.2) is 4.39 Å². The highest BCUT2D eigenvalue weighted by Crippen LogP contribution is 2.29. The molecule has 1 aromatic rings. The molecule has 1 aliphatic rings.